The predicted molar refractivity (Wildman–Crippen MR) is 119 cm³/mol. The third kappa shape index (κ3) is 5.37. The lowest BCUT2D eigenvalue weighted by Gasteiger charge is -2.35. The quantitative estimate of drug-likeness (QED) is 0.535. The van der Waals surface area contributed by atoms with Crippen LogP contribution in [0, 0.1) is 0 Å². The number of hydrazine groups is 1. The van der Waals surface area contributed by atoms with Gasteiger partial charge >= 0.3 is 0 Å². The van der Waals surface area contributed by atoms with Gasteiger partial charge in [0.15, 0.2) is 0 Å². The van der Waals surface area contributed by atoms with E-state index >= 15 is 0 Å². The lowest BCUT2D eigenvalue weighted by Crippen LogP contribution is -2.56. The molecule has 0 aromatic heterocycles. The van der Waals surface area contributed by atoms with E-state index in [9.17, 15) is 9.59 Å². The van der Waals surface area contributed by atoms with Crippen LogP contribution in [-0.2, 0) is 0 Å². The van der Waals surface area contributed by atoms with Crippen molar-refractivity contribution in [3.05, 3.63) is 63.6 Å². The van der Waals surface area contributed by atoms with Crippen molar-refractivity contribution in [1.29, 1.82) is 0 Å². The zero-order valence-electron chi connectivity index (χ0n) is 17.1. The summed E-state index contributed by atoms with van der Waals surface area (Å²) in [5.74, 6) is -0.782. The van der Waals surface area contributed by atoms with Gasteiger partial charge in [0.1, 0.15) is 0 Å². The zero-order chi connectivity index (χ0) is 21.3. The second-order valence-corrected chi connectivity index (χ2v) is 14.6. The number of benzene rings is 2. The molecule has 2 amide bonds. The van der Waals surface area contributed by atoms with Gasteiger partial charge in [-0.2, -0.15) is 0 Å². The fourth-order valence-corrected chi connectivity index (χ4v) is 4.13. The lowest BCUT2D eigenvalue weighted by atomic mass is 10.1. The number of hydrogen-bond donors (Lipinski definition) is 1. The average Bonchev–Trinajstić information content (AvgIpc) is 2.59. The van der Waals surface area contributed by atoms with Crippen LogP contribution in [0.4, 0.5) is 0 Å². The highest BCUT2D eigenvalue weighted by Gasteiger charge is 2.31. The summed E-state index contributed by atoms with van der Waals surface area (Å²) in [4.78, 5) is 25.9. The summed E-state index contributed by atoms with van der Waals surface area (Å²) in [7, 11) is -1.45. The van der Waals surface area contributed by atoms with Gasteiger partial charge in [-0.05, 0) is 51.1 Å². The number of rotatable bonds is 3. The van der Waals surface area contributed by atoms with Crippen LogP contribution in [0.25, 0.3) is 0 Å². The van der Waals surface area contributed by atoms with Gasteiger partial charge in [-0.25, -0.2) is 5.01 Å². The molecule has 0 saturated carbocycles. The third-order valence-corrected chi connectivity index (χ3v) is 6.89. The summed E-state index contributed by atoms with van der Waals surface area (Å²) in [6.07, 6.45) is 0. The zero-order valence-corrected chi connectivity index (χ0v) is 19.6. The molecule has 2 rings (SSSR count). The van der Waals surface area contributed by atoms with Crippen LogP contribution >= 0.6 is 23.2 Å². The molecular formula is C21H26Cl2N2O2Si. The van der Waals surface area contributed by atoms with Crippen molar-refractivity contribution in [3.63, 3.8) is 0 Å². The smallest absolute Gasteiger partial charge is 0.267 e. The molecule has 0 fully saturated rings. The summed E-state index contributed by atoms with van der Waals surface area (Å²) in [5.41, 5.74) is 2.78. The summed E-state index contributed by atoms with van der Waals surface area (Å²) in [6.45, 7) is 12.2. The van der Waals surface area contributed by atoms with E-state index in [0.717, 1.165) is 0 Å². The van der Waals surface area contributed by atoms with Gasteiger partial charge in [0.2, 0.25) is 0 Å². The molecule has 0 heterocycles. The van der Waals surface area contributed by atoms with E-state index in [4.69, 9.17) is 23.2 Å². The first-order chi connectivity index (χ1) is 12.8. The van der Waals surface area contributed by atoms with Crippen LogP contribution in [0.1, 0.15) is 41.5 Å². The Balaban J connectivity index is 2.31. The molecule has 150 valence electrons. The van der Waals surface area contributed by atoms with E-state index in [2.05, 4.69) is 25.1 Å². The summed E-state index contributed by atoms with van der Waals surface area (Å²) in [6, 6.07) is 12.2. The van der Waals surface area contributed by atoms with Gasteiger partial charge < -0.3 is 0 Å². The highest BCUT2D eigenvalue weighted by atomic mass is 35.5. The van der Waals surface area contributed by atoms with Crippen molar-refractivity contribution >= 4 is 48.3 Å². The monoisotopic (exact) mass is 436 g/mol. The van der Waals surface area contributed by atoms with Gasteiger partial charge in [0, 0.05) is 10.6 Å². The van der Waals surface area contributed by atoms with E-state index in [-0.39, 0.29) is 16.5 Å². The van der Waals surface area contributed by atoms with Crippen molar-refractivity contribution in [2.75, 3.05) is 0 Å². The maximum Gasteiger partial charge on any atom is 0.274 e. The minimum absolute atomic E-state index is 0.235. The maximum atomic E-state index is 13.1. The van der Waals surface area contributed by atoms with Crippen molar-refractivity contribution in [3.8, 4) is 0 Å². The SMILES string of the molecule is CC(C)(C)N(NC(=O)c1ccc([Si](C)(C)C)cc1)C(=O)c1cc(Cl)ccc1Cl. The third-order valence-electron chi connectivity index (χ3n) is 4.26. The minimum atomic E-state index is -1.45. The Kier molecular flexibility index (Phi) is 6.64. The lowest BCUT2D eigenvalue weighted by molar-refractivity contribution is 0.0359. The van der Waals surface area contributed by atoms with Gasteiger partial charge in [0.05, 0.1) is 24.2 Å². The maximum absolute atomic E-state index is 13.1. The molecule has 0 unspecified atom stereocenters. The van der Waals surface area contributed by atoms with Gasteiger partial charge in [-0.1, -0.05) is 60.2 Å². The van der Waals surface area contributed by atoms with Gasteiger partial charge in [-0.15, -0.1) is 0 Å². The van der Waals surface area contributed by atoms with E-state index in [0.29, 0.717) is 10.6 Å². The number of carbonyl (C=O) groups excluding carboxylic acids is 2. The van der Waals surface area contributed by atoms with E-state index in [1.54, 1.807) is 24.3 Å². The first kappa shape index (κ1) is 22.5. The summed E-state index contributed by atoms with van der Waals surface area (Å²) in [5, 5.41) is 3.23. The molecule has 0 atom stereocenters. The molecule has 1 N–H and O–H groups in total. The van der Waals surface area contributed by atoms with Gasteiger partial charge in [-0.3, -0.25) is 15.0 Å². The van der Waals surface area contributed by atoms with Crippen LogP contribution in [-0.4, -0.2) is 30.4 Å². The Labute approximate surface area is 177 Å². The molecule has 0 aliphatic rings. The first-order valence-corrected chi connectivity index (χ1v) is 13.3. The molecule has 28 heavy (non-hydrogen) atoms. The fraction of sp³-hybridized carbons (Fsp3) is 0.333. The van der Waals surface area contributed by atoms with Crippen LogP contribution in [0.2, 0.25) is 29.7 Å². The molecule has 0 saturated heterocycles. The average molecular weight is 437 g/mol. The second-order valence-electron chi connectivity index (χ2n) is 8.70. The normalized spacial score (nSPS) is 11.9. The fourth-order valence-electron chi connectivity index (χ4n) is 2.59. The Morgan fingerprint density at radius 1 is 0.964 bits per heavy atom. The molecule has 0 spiro atoms. The number of halogens is 2. The predicted octanol–water partition coefficient (Wildman–Crippen LogP) is 5.12. The molecular weight excluding hydrogens is 411 g/mol. The van der Waals surface area contributed by atoms with Crippen LogP contribution < -0.4 is 10.6 Å². The van der Waals surface area contributed by atoms with Crippen molar-refractivity contribution in [1.82, 2.24) is 10.4 Å². The van der Waals surface area contributed by atoms with Crippen LogP contribution in [0.3, 0.4) is 0 Å². The summed E-state index contributed by atoms with van der Waals surface area (Å²) >= 11 is 12.2. The van der Waals surface area contributed by atoms with E-state index < -0.39 is 19.5 Å². The second kappa shape index (κ2) is 8.27. The molecule has 0 aliphatic carbocycles. The molecule has 0 bridgehead atoms. The Bertz CT molecular complexity index is 885. The number of amides is 2. The molecule has 2 aromatic rings. The number of carbonyl (C=O) groups is 2. The highest BCUT2D eigenvalue weighted by Crippen LogP contribution is 2.24. The van der Waals surface area contributed by atoms with Crippen molar-refractivity contribution in [2.45, 2.75) is 46.0 Å². The van der Waals surface area contributed by atoms with E-state index in [1.807, 2.05) is 32.9 Å². The largest absolute Gasteiger partial charge is 0.274 e. The van der Waals surface area contributed by atoms with Gasteiger partial charge in [0.25, 0.3) is 11.8 Å². The molecule has 7 heteroatoms. The van der Waals surface area contributed by atoms with E-state index in [1.165, 1.54) is 16.3 Å². The van der Waals surface area contributed by atoms with Crippen LogP contribution in [0.15, 0.2) is 42.5 Å². The number of nitrogens with zero attached hydrogens (tertiary/aromatic N) is 1. The number of nitrogens with one attached hydrogen (secondary N) is 1. The first-order valence-electron chi connectivity index (χ1n) is 9.02. The van der Waals surface area contributed by atoms with Crippen molar-refractivity contribution in [2.24, 2.45) is 0 Å². The minimum Gasteiger partial charge on any atom is -0.267 e. The molecule has 0 aliphatic heterocycles. The molecule has 4 nitrogen and oxygen atoms in total. The molecule has 2 aromatic carbocycles. The topological polar surface area (TPSA) is 49.4 Å². The molecule has 0 radical (unpaired) electrons. The standard InChI is InChI=1S/C21H26Cl2N2O2Si/c1-21(2,3)25(20(27)17-13-15(22)9-12-18(17)23)24-19(26)14-7-10-16(11-8-14)28(4,5)6/h7-13H,1-6H3,(H,24,26). The summed E-state index contributed by atoms with van der Waals surface area (Å²) < 4.78 is 0. The Hall–Kier alpha value is -1.82. The van der Waals surface area contributed by atoms with Crippen molar-refractivity contribution < 1.29 is 9.59 Å². The Morgan fingerprint density at radius 2 is 1.54 bits per heavy atom. The Morgan fingerprint density at radius 3 is 2.04 bits per heavy atom. The number of hydrogen-bond acceptors (Lipinski definition) is 2. The van der Waals surface area contributed by atoms with Crippen LogP contribution in [0.5, 0.6) is 0 Å². The highest BCUT2D eigenvalue weighted by molar-refractivity contribution is 6.88.